The molecule has 2 heterocycles. The van der Waals surface area contributed by atoms with Gasteiger partial charge in [0.05, 0.1) is 11.0 Å². The van der Waals surface area contributed by atoms with Crippen molar-refractivity contribution in [2.24, 2.45) is 0 Å². The van der Waals surface area contributed by atoms with Gasteiger partial charge in [0.2, 0.25) is 0 Å². The molecule has 0 radical (unpaired) electrons. The Balaban J connectivity index is 1.57. The molecule has 0 aliphatic rings. The molecule has 4 aromatic rings. The van der Waals surface area contributed by atoms with Crippen molar-refractivity contribution in [3.05, 3.63) is 60.9 Å². The molecular formula is C16H10N4S2. The first kappa shape index (κ1) is 13.5. The summed E-state index contributed by atoms with van der Waals surface area (Å²) in [6.07, 6.45) is 3.68. The molecular weight excluding hydrogens is 312 g/mol. The number of hydrogen-bond donors (Lipinski definition) is 0. The van der Waals surface area contributed by atoms with E-state index in [1.54, 1.807) is 0 Å². The Hall–Kier alpha value is -2.18. The third-order valence-electron chi connectivity index (χ3n) is 3.12. The van der Waals surface area contributed by atoms with E-state index in [-0.39, 0.29) is 0 Å². The lowest BCUT2D eigenvalue weighted by Crippen LogP contribution is -1.88. The van der Waals surface area contributed by atoms with Crippen molar-refractivity contribution < 1.29 is 0 Å². The second kappa shape index (κ2) is 5.90. The van der Waals surface area contributed by atoms with Crippen LogP contribution < -0.4 is 0 Å². The van der Waals surface area contributed by atoms with E-state index in [4.69, 9.17) is 0 Å². The standard InChI is InChI=1S/C16H10N4S2/c1-3-7-13-11(5-1)9-17-15(19-13)21-22-16-18-10-12-6-2-4-8-14(12)20-16/h1-10H. The van der Waals surface area contributed by atoms with Gasteiger partial charge in [-0.05, 0) is 33.7 Å². The number of aromatic nitrogens is 4. The van der Waals surface area contributed by atoms with Gasteiger partial charge in [-0.25, -0.2) is 19.9 Å². The highest BCUT2D eigenvalue weighted by atomic mass is 33.1. The number of hydrogen-bond acceptors (Lipinski definition) is 6. The van der Waals surface area contributed by atoms with Crippen molar-refractivity contribution in [1.29, 1.82) is 0 Å². The Labute approximate surface area is 134 Å². The van der Waals surface area contributed by atoms with Gasteiger partial charge < -0.3 is 0 Å². The van der Waals surface area contributed by atoms with Crippen LogP contribution in [0.25, 0.3) is 21.8 Å². The number of rotatable bonds is 3. The number of fused-ring (bicyclic) bond motifs is 2. The van der Waals surface area contributed by atoms with Gasteiger partial charge >= 0.3 is 0 Å². The van der Waals surface area contributed by atoms with E-state index >= 15 is 0 Å². The quantitative estimate of drug-likeness (QED) is 0.412. The summed E-state index contributed by atoms with van der Waals surface area (Å²) < 4.78 is 0. The predicted molar refractivity (Wildman–Crippen MR) is 90.8 cm³/mol. The maximum atomic E-state index is 4.53. The van der Waals surface area contributed by atoms with Crippen LogP contribution in [0.5, 0.6) is 0 Å². The Morgan fingerprint density at radius 2 is 1.05 bits per heavy atom. The van der Waals surface area contributed by atoms with E-state index in [0.717, 1.165) is 21.8 Å². The van der Waals surface area contributed by atoms with Crippen LogP contribution in [0.3, 0.4) is 0 Å². The third-order valence-corrected chi connectivity index (χ3v) is 5.04. The van der Waals surface area contributed by atoms with Crippen LogP contribution in [0.2, 0.25) is 0 Å². The molecule has 2 aromatic heterocycles. The maximum absolute atomic E-state index is 4.53. The smallest absolute Gasteiger partial charge is 0.199 e. The lowest BCUT2D eigenvalue weighted by molar-refractivity contribution is 1.00. The molecule has 0 atom stereocenters. The van der Waals surface area contributed by atoms with Crippen molar-refractivity contribution >= 4 is 43.4 Å². The van der Waals surface area contributed by atoms with Gasteiger partial charge in [-0.15, -0.1) is 0 Å². The summed E-state index contributed by atoms with van der Waals surface area (Å²) in [5.74, 6) is 0. The molecule has 0 bridgehead atoms. The summed E-state index contributed by atoms with van der Waals surface area (Å²) in [4.78, 5) is 17.8. The second-order valence-corrected chi connectivity index (χ2v) is 6.65. The SMILES string of the molecule is c1ccc2nc(SSc3ncc4ccccc4n3)ncc2c1. The zero-order valence-corrected chi connectivity index (χ0v) is 13.0. The van der Waals surface area contributed by atoms with Gasteiger partial charge in [0.15, 0.2) is 10.3 Å². The highest BCUT2D eigenvalue weighted by Gasteiger charge is 2.05. The molecule has 106 valence electrons. The van der Waals surface area contributed by atoms with E-state index in [1.165, 1.54) is 21.6 Å². The predicted octanol–water partition coefficient (Wildman–Crippen LogP) is 4.37. The minimum atomic E-state index is 0.709. The van der Waals surface area contributed by atoms with Crippen LogP contribution in [0.4, 0.5) is 0 Å². The fourth-order valence-corrected chi connectivity index (χ4v) is 3.61. The highest BCUT2D eigenvalue weighted by molar-refractivity contribution is 8.76. The van der Waals surface area contributed by atoms with Crippen LogP contribution in [0.15, 0.2) is 71.2 Å². The Morgan fingerprint density at radius 3 is 1.55 bits per heavy atom. The first-order valence-corrected chi connectivity index (χ1v) is 8.81. The van der Waals surface area contributed by atoms with E-state index in [0.29, 0.717) is 10.3 Å². The molecule has 0 fully saturated rings. The lowest BCUT2D eigenvalue weighted by Gasteiger charge is -2.02. The normalized spacial score (nSPS) is 11.1. The summed E-state index contributed by atoms with van der Waals surface area (Å²) in [6.45, 7) is 0. The summed E-state index contributed by atoms with van der Waals surface area (Å²) >= 11 is 0. The molecule has 4 rings (SSSR count). The molecule has 0 amide bonds. The summed E-state index contributed by atoms with van der Waals surface area (Å²) in [6, 6.07) is 15.9. The maximum Gasteiger partial charge on any atom is 0.199 e. The molecule has 6 heteroatoms. The summed E-state index contributed by atoms with van der Waals surface area (Å²) in [7, 11) is 2.93. The average molecular weight is 322 g/mol. The highest BCUT2D eigenvalue weighted by Crippen LogP contribution is 2.34. The van der Waals surface area contributed by atoms with Gasteiger partial charge in [-0.2, -0.15) is 0 Å². The third kappa shape index (κ3) is 2.75. The Bertz CT molecular complexity index is 879. The second-order valence-electron chi connectivity index (χ2n) is 4.59. The summed E-state index contributed by atoms with van der Waals surface area (Å²) in [5, 5.41) is 3.50. The topological polar surface area (TPSA) is 51.6 Å². The van der Waals surface area contributed by atoms with E-state index in [1.807, 2.05) is 60.9 Å². The number of nitrogens with zero attached hydrogens (tertiary/aromatic N) is 4. The van der Waals surface area contributed by atoms with Crippen molar-refractivity contribution in [3.63, 3.8) is 0 Å². The number of para-hydroxylation sites is 2. The zero-order chi connectivity index (χ0) is 14.8. The van der Waals surface area contributed by atoms with Gasteiger partial charge in [-0.1, -0.05) is 36.4 Å². The zero-order valence-electron chi connectivity index (χ0n) is 11.4. The molecule has 0 spiro atoms. The first-order chi connectivity index (χ1) is 10.9. The average Bonchev–Trinajstić information content (AvgIpc) is 2.59. The molecule has 22 heavy (non-hydrogen) atoms. The fourth-order valence-electron chi connectivity index (χ4n) is 2.07. The van der Waals surface area contributed by atoms with Crippen LogP contribution >= 0.6 is 21.6 Å². The first-order valence-electron chi connectivity index (χ1n) is 6.67. The molecule has 0 aliphatic carbocycles. The Morgan fingerprint density at radius 1 is 0.591 bits per heavy atom. The molecule has 4 nitrogen and oxygen atoms in total. The minimum Gasteiger partial charge on any atom is -0.230 e. The summed E-state index contributed by atoms with van der Waals surface area (Å²) in [5.41, 5.74) is 1.89. The lowest BCUT2D eigenvalue weighted by atomic mass is 10.2. The molecule has 0 aliphatic heterocycles. The molecule has 0 N–H and O–H groups in total. The van der Waals surface area contributed by atoms with Gasteiger partial charge in [0.25, 0.3) is 0 Å². The molecule has 0 saturated carbocycles. The van der Waals surface area contributed by atoms with Crippen molar-refractivity contribution in [3.8, 4) is 0 Å². The van der Waals surface area contributed by atoms with Gasteiger partial charge in [0, 0.05) is 23.2 Å². The van der Waals surface area contributed by atoms with E-state index < -0.39 is 0 Å². The molecule has 2 aromatic carbocycles. The largest absolute Gasteiger partial charge is 0.230 e. The van der Waals surface area contributed by atoms with Crippen LogP contribution in [0, 0.1) is 0 Å². The monoisotopic (exact) mass is 322 g/mol. The van der Waals surface area contributed by atoms with Gasteiger partial charge in [-0.3, -0.25) is 0 Å². The Kier molecular flexibility index (Phi) is 3.62. The van der Waals surface area contributed by atoms with Gasteiger partial charge in [0.1, 0.15) is 0 Å². The fraction of sp³-hybridized carbons (Fsp3) is 0. The molecule has 0 saturated heterocycles. The van der Waals surface area contributed by atoms with Crippen molar-refractivity contribution in [2.75, 3.05) is 0 Å². The van der Waals surface area contributed by atoms with E-state index in [9.17, 15) is 0 Å². The molecule has 0 unspecified atom stereocenters. The van der Waals surface area contributed by atoms with Crippen LogP contribution in [-0.2, 0) is 0 Å². The van der Waals surface area contributed by atoms with Crippen LogP contribution in [0.1, 0.15) is 0 Å². The van der Waals surface area contributed by atoms with E-state index in [2.05, 4.69) is 19.9 Å². The minimum absolute atomic E-state index is 0.709. The van der Waals surface area contributed by atoms with Crippen molar-refractivity contribution in [1.82, 2.24) is 19.9 Å². The van der Waals surface area contributed by atoms with Crippen LogP contribution in [-0.4, -0.2) is 19.9 Å². The van der Waals surface area contributed by atoms with Crippen molar-refractivity contribution in [2.45, 2.75) is 10.3 Å². The number of benzene rings is 2.